The second-order valence-corrected chi connectivity index (χ2v) is 5.01. The summed E-state index contributed by atoms with van der Waals surface area (Å²) in [5, 5.41) is 0.627. The van der Waals surface area contributed by atoms with Crippen molar-refractivity contribution < 1.29 is 0 Å². The van der Waals surface area contributed by atoms with Gasteiger partial charge in [0.15, 0.2) is 4.80 Å². The van der Waals surface area contributed by atoms with Crippen LogP contribution in [0.5, 0.6) is 0 Å². The molecule has 2 aromatic heterocycles. The molecule has 0 bridgehead atoms. The quantitative estimate of drug-likeness (QED) is 0.680. The van der Waals surface area contributed by atoms with Crippen LogP contribution < -0.4 is 10.4 Å². The van der Waals surface area contributed by atoms with Crippen LogP contribution in [0.25, 0.3) is 10.2 Å². The molecule has 0 spiro atoms. The highest BCUT2D eigenvalue weighted by Gasteiger charge is 2.04. The van der Waals surface area contributed by atoms with Gasteiger partial charge in [0.25, 0.3) is 5.56 Å². The van der Waals surface area contributed by atoms with E-state index in [4.69, 9.17) is 0 Å². The van der Waals surface area contributed by atoms with Crippen LogP contribution in [0.2, 0.25) is 0 Å². The number of hydrogen-bond donors (Lipinski definition) is 0. The zero-order valence-electron chi connectivity index (χ0n) is 10.3. The maximum Gasteiger partial charge on any atom is 0.262 e. The van der Waals surface area contributed by atoms with Gasteiger partial charge in [-0.15, -0.1) is 0 Å². The van der Waals surface area contributed by atoms with Gasteiger partial charge in [0.05, 0.1) is 11.1 Å². The van der Waals surface area contributed by atoms with Gasteiger partial charge < -0.3 is 0 Å². The molecule has 0 amide bonds. The minimum atomic E-state index is -0.0727. The molecule has 0 radical (unpaired) electrons. The van der Waals surface area contributed by atoms with Gasteiger partial charge in [0, 0.05) is 13.2 Å². The molecule has 0 atom stereocenters. The van der Waals surface area contributed by atoms with Crippen LogP contribution in [0.1, 0.15) is 0 Å². The predicted octanol–water partition coefficient (Wildman–Crippen LogP) is 2.23. The van der Waals surface area contributed by atoms with Crippen molar-refractivity contribution in [3.8, 4) is 0 Å². The van der Waals surface area contributed by atoms with Gasteiger partial charge in [0.1, 0.15) is 4.83 Å². The van der Waals surface area contributed by atoms with E-state index in [0.29, 0.717) is 15.0 Å². The van der Waals surface area contributed by atoms with E-state index in [2.05, 4.69) is 9.98 Å². The van der Waals surface area contributed by atoms with Gasteiger partial charge in [-0.2, -0.15) is 0 Å². The van der Waals surface area contributed by atoms with Crippen molar-refractivity contribution in [1.82, 2.24) is 9.55 Å². The topological polar surface area (TPSA) is 47.2 Å². The van der Waals surface area contributed by atoms with E-state index in [0.717, 1.165) is 5.69 Å². The van der Waals surface area contributed by atoms with Crippen molar-refractivity contribution in [3.05, 3.63) is 63.8 Å². The molecule has 3 aromatic rings. The Kier molecular flexibility index (Phi) is 2.97. The number of nitrogens with zero attached hydrogens (tertiary/aromatic N) is 3. The third-order valence-corrected chi connectivity index (χ3v) is 3.83. The minimum Gasteiger partial charge on any atom is -0.287 e. The summed E-state index contributed by atoms with van der Waals surface area (Å²) >= 11 is 1.41. The van der Waals surface area contributed by atoms with Crippen molar-refractivity contribution in [2.45, 2.75) is 0 Å². The summed E-state index contributed by atoms with van der Waals surface area (Å²) in [6, 6.07) is 13.1. The van der Waals surface area contributed by atoms with Crippen LogP contribution in [0.4, 0.5) is 5.69 Å². The van der Waals surface area contributed by atoms with Gasteiger partial charge in [0.2, 0.25) is 0 Å². The summed E-state index contributed by atoms with van der Waals surface area (Å²) < 4.78 is 1.56. The molecule has 94 valence electrons. The molecule has 0 fully saturated rings. The van der Waals surface area contributed by atoms with Gasteiger partial charge in [-0.3, -0.25) is 9.36 Å². The van der Waals surface area contributed by atoms with Gasteiger partial charge in [-0.05, 0) is 24.3 Å². The third kappa shape index (κ3) is 2.20. The fourth-order valence-electron chi connectivity index (χ4n) is 1.77. The van der Waals surface area contributed by atoms with Crippen LogP contribution in [-0.4, -0.2) is 9.55 Å². The largest absolute Gasteiger partial charge is 0.287 e. The Bertz CT molecular complexity index is 850. The van der Waals surface area contributed by atoms with E-state index in [1.54, 1.807) is 29.9 Å². The highest BCUT2D eigenvalue weighted by molar-refractivity contribution is 7.15. The van der Waals surface area contributed by atoms with Gasteiger partial charge >= 0.3 is 0 Å². The van der Waals surface area contributed by atoms with E-state index < -0.39 is 0 Å². The van der Waals surface area contributed by atoms with E-state index >= 15 is 0 Å². The molecule has 5 heteroatoms. The fraction of sp³-hybridized carbons (Fsp3) is 0.0714. The zero-order chi connectivity index (χ0) is 13.2. The molecule has 0 N–H and O–H groups in total. The molecule has 1 aromatic carbocycles. The molecular formula is C14H11N3OS. The summed E-state index contributed by atoms with van der Waals surface area (Å²) in [5.41, 5.74) is 0.751. The lowest BCUT2D eigenvalue weighted by molar-refractivity contribution is 0.832. The Morgan fingerprint density at radius 3 is 2.74 bits per heavy atom. The van der Waals surface area contributed by atoms with Crippen molar-refractivity contribution >= 4 is 27.2 Å². The summed E-state index contributed by atoms with van der Waals surface area (Å²) in [7, 11) is 1.73. The first-order valence-corrected chi connectivity index (χ1v) is 6.62. The van der Waals surface area contributed by atoms with Crippen molar-refractivity contribution in [2.24, 2.45) is 12.0 Å². The number of rotatable bonds is 1. The van der Waals surface area contributed by atoms with Gasteiger partial charge in [-0.25, -0.2) is 9.98 Å². The molecule has 0 aliphatic heterocycles. The Labute approximate surface area is 113 Å². The normalized spacial score (nSPS) is 11.9. The number of pyridine rings is 1. The van der Waals surface area contributed by atoms with Crippen molar-refractivity contribution in [3.63, 3.8) is 0 Å². The van der Waals surface area contributed by atoms with Crippen LogP contribution in [0, 0.1) is 0 Å². The van der Waals surface area contributed by atoms with Crippen molar-refractivity contribution in [2.75, 3.05) is 0 Å². The molecule has 3 rings (SSSR count). The molecule has 19 heavy (non-hydrogen) atoms. The lowest BCUT2D eigenvalue weighted by Crippen LogP contribution is -2.28. The molecule has 4 nitrogen and oxygen atoms in total. The average Bonchev–Trinajstić information content (AvgIpc) is 2.46. The van der Waals surface area contributed by atoms with Crippen molar-refractivity contribution in [1.29, 1.82) is 0 Å². The third-order valence-electron chi connectivity index (χ3n) is 2.76. The number of fused-ring (bicyclic) bond motifs is 1. The standard InChI is InChI=1S/C14H11N3OS/c1-17-13(18)11-8-5-9-15-12(11)19-14(17)16-10-6-3-2-4-7-10/h2-9H,1H3/b16-14-. The minimum absolute atomic E-state index is 0.0727. The maximum atomic E-state index is 12.2. The first-order chi connectivity index (χ1) is 9.25. The highest BCUT2D eigenvalue weighted by atomic mass is 32.1. The van der Waals surface area contributed by atoms with E-state index in [9.17, 15) is 4.79 Å². The Morgan fingerprint density at radius 2 is 1.95 bits per heavy atom. The summed E-state index contributed by atoms with van der Waals surface area (Å²) in [5.74, 6) is 0. The van der Waals surface area contributed by atoms with Crippen LogP contribution in [0.3, 0.4) is 0 Å². The summed E-state index contributed by atoms with van der Waals surface area (Å²) in [6.07, 6.45) is 1.69. The highest BCUT2D eigenvalue weighted by Crippen LogP contribution is 2.11. The Morgan fingerprint density at radius 1 is 1.16 bits per heavy atom. The molecule has 2 heterocycles. The molecule has 0 saturated heterocycles. The maximum absolute atomic E-state index is 12.2. The summed E-state index contributed by atoms with van der Waals surface area (Å²) in [4.78, 5) is 22.3. The summed E-state index contributed by atoms with van der Waals surface area (Å²) in [6.45, 7) is 0. The second kappa shape index (κ2) is 4.78. The van der Waals surface area contributed by atoms with E-state index in [1.807, 2.05) is 30.3 Å². The van der Waals surface area contributed by atoms with E-state index in [1.165, 1.54) is 11.3 Å². The number of para-hydroxylation sites is 1. The van der Waals surface area contributed by atoms with Crippen LogP contribution >= 0.6 is 11.3 Å². The molecule has 0 aliphatic carbocycles. The van der Waals surface area contributed by atoms with E-state index in [-0.39, 0.29) is 5.56 Å². The first-order valence-electron chi connectivity index (χ1n) is 5.80. The predicted molar refractivity (Wildman–Crippen MR) is 76.5 cm³/mol. The Balaban J connectivity index is 2.34. The monoisotopic (exact) mass is 269 g/mol. The smallest absolute Gasteiger partial charge is 0.262 e. The SMILES string of the molecule is Cn1c(=O)c2cccnc2s/c1=N\c1ccccc1. The lowest BCUT2D eigenvalue weighted by atomic mass is 10.3. The molecule has 0 unspecified atom stereocenters. The molecule has 0 saturated carbocycles. The fourth-order valence-corrected chi connectivity index (χ4v) is 2.69. The first kappa shape index (κ1) is 11.8. The van der Waals surface area contributed by atoms with Gasteiger partial charge in [-0.1, -0.05) is 29.5 Å². The van der Waals surface area contributed by atoms with Crippen LogP contribution in [-0.2, 0) is 7.05 Å². The Hall–Kier alpha value is -2.27. The molecular weight excluding hydrogens is 258 g/mol. The number of hydrogen-bond acceptors (Lipinski definition) is 4. The lowest BCUT2D eigenvalue weighted by Gasteiger charge is -2.01. The molecule has 0 aliphatic rings. The zero-order valence-corrected chi connectivity index (χ0v) is 11.1. The average molecular weight is 269 g/mol. The second-order valence-electron chi connectivity index (χ2n) is 4.05. The number of aromatic nitrogens is 2. The van der Waals surface area contributed by atoms with Crippen LogP contribution in [0.15, 0.2) is 58.4 Å². The number of benzene rings is 1.